The van der Waals surface area contributed by atoms with E-state index in [1.165, 1.54) is 0 Å². The van der Waals surface area contributed by atoms with Gasteiger partial charge in [-0.05, 0) is 12.2 Å². The minimum absolute atomic E-state index is 0.250. The number of ether oxygens (including phenoxy) is 1. The van der Waals surface area contributed by atoms with Gasteiger partial charge in [-0.25, -0.2) is 0 Å². The fourth-order valence-corrected chi connectivity index (χ4v) is 1.05. The normalized spacial score (nSPS) is 22.5. The predicted molar refractivity (Wildman–Crippen MR) is 42.4 cm³/mol. The first-order valence-corrected chi connectivity index (χ1v) is 3.48. The Kier molecular flexibility index (Phi) is 2.66. The van der Waals surface area contributed by atoms with Gasteiger partial charge in [0, 0.05) is 7.11 Å². The molecule has 0 N–H and O–H groups in total. The van der Waals surface area contributed by atoms with E-state index in [9.17, 15) is 4.79 Å². The average molecular weight is 171 g/mol. The molecule has 1 atom stereocenters. The quantitative estimate of drug-likeness (QED) is 0.463. The molecule has 0 aromatic rings. The SMILES string of the molecule is COC1C=CC(C=O)=C=C1Cl. The summed E-state index contributed by atoms with van der Waals surface area (Å²) in [6, 6.07) is 0. The van der Waals surface area contributed by atoms with Gasteiger partial charge in [0.25, 0.3) is 0 Å². The molecule has 11 heavy (non-hydrogen) atoms. The first kappa shape index (κ1) is 8.28. The third kappa shape index (κ3) is 1.81. The fraction of sp³-hybridized carbons (Fsp3) is 0.250. The van der Waals surface area contributed by atoms with Crippen molar-refractivity contribution in [1.29, 1.82) is 0 Å². The maximum atomic E-state index is 10.2. The highest BCUT2D eigenvalue weighted by Gasteiger charge is 2.10. The van der Waals surface area contributed by atoms with E-state index in [0.717, 1.165) is 0 Å². The van der Waals surface area contributed by atoms with Gasteiger partial charge in [0.05, 0.1) is 10.6 Å². The van der Waals surface area contributed by atoms with Gasteiger partial charge in [-0.2, -0.15) is 0 Å². The van der Waals surface area contributed by atoms with Crippen LogP contribution < -0.4 is 0 Å². The smallest absolute Gasteiger partial charge is 0.157 e. The van der Waals surface area contributed by atoms with Crippen molar-refractivity contribution in [1.82, 2.24) is 0 Å². The Morgan fingerprint density at radius 3 is 3.00 bits per heavy atom. The van der Waals surface area contributed by atoms with Crippen LogP contribution in [0.25, 0.3) is 0 Å². The number of carbonyl (C=O) groups is 1. The van der Waals surface area contributed by atoms with E-state index in [4.69, 9.17) is 16.3 Å². The molecule has 0 saturated carbocycles. The third-order valence-electron chi connectivity index (χ3n) is 1.35. The Morgan fingerprint density at radius 2 is 2.55 bits per heavy atom. The molecule has 1 aliphatic rings. The standard InChI is InChI=1S/C8H7ClO2/c1-11-8-3-2-6(5-10)4-7(8)9/h2-3,5,8H,1H3. The average Bonchev–Trinajstić information content (AvgIpc) is 2.04. The number of hydrogen-bond donors (Lipinski definition) is 0. The summed E-state index contributed by atoms with van der Waals surface area (Å²) in [6.45, 7) is 0. The minimum Gasteiger partial charge on any atom is -0.371 e. The van der Waals surface area contributed by atoms with Crippen molar-refractivity contribution < 1.29 is 9.53 Å². The van der Waals surface area contributed by atoms with E-state index >= 15 is 0 Å². The van der Waals surface area contributed by atoms with Crippen LogP contribution in [-0.4, -0.2) is 19.5 Å². The summed E-state index contributed by atoms with van der Waals surface area (Å²) in [5.74, 6) is 0. The van der Waals surface area contributed by atoms with Crippen LogP contribution in [0.2, 0.25) is 0 Å². The Hall–Kier alpha value is -0.820. The maximum absolute atomic E-state index is 10.2. The zero-order valence-electron chi connectivity index (χ0n) is 6.00. The van der Waals surface area contributed by atoms with Crippen molar-refractivity contribution in [3.05, 3.63) is 28.5 Å². The third-order valence-corrected chi connectivity index (χ3v) is 1.65. The largest absolute Gasteiger partial charge is 0.371 e. The van der Waals surface area contributed by atoms with Gasteiger partial charge >= 0.3 is 0 Å². The topological polar surface area (TPSA) is 26.3 Å². The Labute approximate surface area is 69.8 Å². The lowest BCUT2D eigenvalue weighted by Crippen LogP contribution is -2.08. The molecule has 58 valence electrons. The van der Waals surface area contributed by atoms with E-state index in [0.29, 0.717) is 16.9 Å². The zero-order valence-corrected chi connectivity index (χ0v) is 6.76. The number of methoxy groups -OCH3 is 1. The molecule has 1 rings (SSSR count). The van der Waals surface area contributed by atoms with E-state index in [2.05, 4.69) is 5.73 Å². The van der Waals surface area contributed by atoms with Crippen molar-refractivity contribution in [3.8, 4) is 0 Å². The number of rotatable bonds is 2. The first-order chi connectivity index (χ1) is 5.27. The van der Waals surface area contributed by atoms with Crippen molar-refractivity contribution in [2.75, 3.05) is 7.11 Å². The first-order valence-electron chi connectivity index (χ1n) is 3.10. The zero-order chi connectivity index (χ0) is 8.27. The molecule has 0 saturated heterocycles. The van der Waals surface area contributed by atoms with Crippen molar-refractivity contribution in [2.45, 2.75) is 6.10 Å². The highest BCUT2D eigenvalue weighted by atomic mass is 35.5. The van der Waals surface area contributed by atoms with E-state index in [-0.39, 0.29) is 6.10 Å². The summed E-state index contributed by atoms with van der Waals surface area (Å²) >= 11 is 5.71. The van der Waals surface area contributed by atoms with Crippen LogP contribution >= 0.6 is 11.6 Å². The molecule has 3 heteroatoms. The molecular weight excluding hydrogens is 164 g/mol. The molecule has 2 nitrogen and oxygen atoms in total. The van der Waals surface area contributed by atoms with Gasteiger partial charge < -0.3 is 4.74 Å². The van der Waals surface area contributed by atoms with Gasteiger partial charge in [0.1, 0.15) is 6.10 Å². The lowest BCUT2D eigenvalue weighted by molar-refractivity contribution is -0.104. The summed E-state index contributed by atoms with van der Waals surface area (Å²) in [5, 5.41) is 0.414. The number of halogens is 1. The van der Waals surface area contributed by atoms with Gasteiger partial charge in [-0.15, -0.1) is 0 Å². The Bertz CT molecular complexity index is 259. The van der Waals surface area contributed by atoms with Crippen molar-refractivity contribution in [3.63, 3.8) is 0 Å². The maximum Gasteiger partial charge on any atom is 0.157 e. The molecule has 0 heterocycles. The molecule has 0 aliphatic heterocycles. The van der Waals surface area contributed by atoms with Gasteiger partial charge in [-0.3, -0.25) is 4.79 Å². The second kappa shape index (κ2) is 3.54. The molecule has 0 amide bonds. The molecule has 0 radical (unpaired) electrons. The van der Waals surface area contributed by atoms with Crippen LogP contribution in [0.3, 0.4) is 0 Å². The molecule has 0 fully saturated rings. The summed E-state index contributed by atoms with van der Waals surface area (Å²) < 4.78 is 4.95. The van der Waals surface area contributed by atoms with Crippen LogP contribution in [0.15, 0.2) is 28.5 Å². The van der Waals surface area contributed by atoms with Crippen LogP contribution in [-0.2, 0) is 9.53 Å². The van der Waals surface area contributed by atoms with Crippen LogP contribution in [0, 0.1) is 0 Å². The summed E-state index contributed by atoms with van der Waals surface area (Å²) in [4.78, 5) is 10.2. The highest BCUT2D eigenvalue weighted by Crippen LogP contribution is 2.16. The lowest BCUT2D eigenvalue weighted by Gasteiger charge is -2.09. The summed E-state index contributed by atoms with van der Waals surface area (Å²) in [7, 11) is 1.55. The van der Waals surface area contributed by atoms with Crippen molar-refractivity contribution >= 4 is 17.9 Å². The molecule has 1 aliphatic carbocycles. The fourth-order valence-electron chi connectivity index (χ4n) is 0.777. The van der Waals surface area contributed by atoms with Gasteiger partial charge in [0.15, 0.2) is 6.29 Å². The van der Waals surface area contributed by atoms with E-state index < -0.39 is 0 Å². The second-order valence-corrected chi connectivity index (χ2v) is 2.47. The Morgan fingerprint density at radius 1 is 1.82 bits per heavy atom. The molecule has 0 bridgehead atoms. The second-order valence-electron chi connectivity index (χ2n) is 2.06. The van der Waals surface area contributed by atoms with Crippen molar-refractivity contribution in [2.24, 2.45) is 0 Å². The number of carbonyl (C=O) groups excluding carboxylic acids is 1. The number of aldehydes is 1. The van der Waals surface area contributed by atoms with Gasteiger partial charge in [-0.1, -0.05) is 17.3 Å². The highest BCUT2D eigenvalue weighted by molar-refractivity contribution is 6.30. The minimum atomic E-state index is -0.250. The van der Waals surface area contributed by atoms with Gasteiger partial charge in [0.2, 0.25) is 0 Å². The summed E-state index contributed by atoms with van der Waals surface area (Å²) in [5.41, 5.74) is 3.13. The molecule has 0 spiro atoms. The Balaban J connectivity index is 2.97. The summed E-state index contributed by atoms with van der Waals surface area (Å²) in [6.07, 6.45) is 3.79. The molecule has 0 aromatic heterocycles. The van der Waals surface area contributed by atoms with Crippen LogP contribution in [0.4, 0.5) is 0 Å². The lowest BCUT2D eigenvalue weighted by atomic mass is 10.1. The molecule has 1 unspecified atom stereocenters. The molecular formula is C8H7ClO2. The monoisotopic (exact) mass is 170 g/mol. The predicted octanol–water partition coefficient (Wildman–Crippen LogP) is 1.42. The van der Waals surface area contributed by atoms with Crippen LogP contribution in [0.5, 0.6) is 0 Å². The molecule has 0 aromatic carbocycles. The van der Waals surface area contributed by atoms with E-state index in [1.807, 2.05) is 0 Å². The number of allylic oxidation sites excluding steroid dienone is 1. The van der Waals surface area contributed by atoms with Crippen LogP contribution in [0.1, 0.15) is 0 Å². The van der Waals surface area contributed by atoms with E-state index in [1.54, 1.807) is 19.3 Å². The number of hydrogen-bond acceptors (Lipinski definition) is 2.